The number of nitrogens with zero attached hydrogens (tertiary/aromatic N) is 1. The smallest absolute Gasteiger partial charge is 0.312 e. The van der Waals surface area contributed by atoms with Crippen LogP contribution in [0.25, 0.3) is 0 Å². The SMILES string of the molecule is CCCCCCCCCCCCCCCCCCCCC/C=C/B1C=CC=C(/C=C/CCCCCCCCCCCCCCCCCCCCC)N1/C=C/CCCCCCCCCCCCCCCCCCCCC. The van der Waals surface area contributed by atoms with Crippen LogP contribution in [0.5, 0.6) is 0 Å². The van der Waals surface area contributed by atoms with E-state index in [1.165, 1.54) is 391 Å². The van der Waals surface area contributed by atoms with Crippen molar-refractivity contribution in [3.05, 3.63) is 60.3 Å². The fourth-order valence-corrected chi connectivity index (χ4v) is 11.8. The zero-order valence-electron chi connectivity index (χ0n) is 52.1. The third-order valence-corrected chi connectivity index (χ3v) is 17.0. The molecule has 0 atom stereocenters. The molecule has 0 N–H and O–H groups in total. The average Bonchev–Trinajstić information content (AvgIpc) is 3.42. The molecule has 1 aliphatic rings. The second kappa shape index (κ2) is 63.4. The van der Waals surface area contributed by atoms with Gasteiger partial charge in [-0.25, -0.2) is 0 Å². The van der Waals surface area contributed by atoms with Crippen LogP contribution in [0.2, 0.25) is 0 Å². The molecule has 2 heteroatoms. The lowest BCUT2D eigenvalue weighted by Gasteiger charge is -2.28. The summed E-state index contributed by atoms with van der Waals surface area (Å²) in [5, 5.41) is 0. The van der Waals surface area contributed by atoms with Gasteiger partial charge in [-0.15, -0.1) is 0 Å². The molecule has 0 amide bonds. The summed E-state index contributed by atoms with van der Waals surface area (Å²) in [7, 11) is 0. The highest BCUT2D eigenvalue weighted by molar-refractivity contribution is 6.67. The Morgan fingerprint density at radius 2 is 0.507 bits per heavy atom. The van der Waals surface area contributed by atoms with E-state index in [-0.39, 0.29) is 0 Å². The van der Waals surface area contributed by atoms with E-state index in [1.807, 2.05) is 0 Å². The first-order chi connectivity index (χ1) is 37.3. The minimum atomic E-state index is 0.325. The molecular weight excluding hydrogens is 902 g/mol. The van der Waals surface area contributed by atoms with Crippen molar-refractivity contribution in [1.82, 2.24) is 4.81 Å². The maximum Gasteiger partial charge on any atom is 0.312 e. The molecule has 0 bridgehead atoms. The van der Waals surface area contributed by atoms with E-state index in [1.54, 1.807) is 0 Å². The van der Waals surface area contributed by atoms with Crippen LogP contribution in [-0.2, 0) is 0 Å². The molecule has 1 rings (SSSR count). The molecule has 0 spiro atoms. The van der Waals surface area contributed by atoms with E-state index < -0.39 is 0 Å². The van der Waals surface area contributed by atoms with Crippen molar-refractivity contribution in [3.63, 3.8) is 0 Å². The third-order valence-electron chi connectivity index (χ3n) is 17.0. The number of allylic oxidation sites excluding steroid dienone is 6. The van der Waals surface area contributed by atoms with Crippen molar-refractivity contribution >= 4 is 6.85 Å². The van der Waals surface area contributed by atoms with Gasteiger partial charge in [0.15, 0.2) is 0 Å². The summed E-state index contributed by atoms with van der Waals surface area (Å²) in [4.78, 5) is 2.55. The van der Waals surface area contributed by atoms with E-state index in [4.69, 9.17) is 0 Å². The van der Waals surface area contributed by atoms with Crippen LogP contribution in [0.1, 0.15) is 406 Å². The summed E-state index contributed by atoms with van der Waals surface area (Å²) in [6, 6.07) is 0. The molecule has 0 fully saturated rings. The normalized spacial score (nSPS) is 13.1. The largest absolute Gasteiger partial charge is 0.384 e. The molecule has 1 heterocycles. The summed E-state index contributed by atoms with van der Waals surface area (Å²) in [5.41, 5.74) is 1.36. The van der Waals surface area contributed by atoms with Crippen LogP contribution < -0.4 is 0 Å². The molecule has 0 radical (unpaired) electrons. The molecule has 0 saturated carbocycles. The van der Waals surface area contributed by atoms with E-state index >= 15 is 0 Å². The highest BCUT2D eigenvalue weighted by atomic mass is 15.0. The van der Waals surface area contributed by atoms with Crippen molar-refractivity contribution in [2.24, 2.45) is 0 Å². The second-order valence-electron chi connectivity index (χ2n) is 24.5. The lowest BCUT2D eigenvalue weighted by Crippen LogP contribution is -2.33. The van der Waals surface area contributed by atoms with Gasteiger partial charge >= 0.3 is 6.85 Å². The zero-order valence-corrected chi connectivity index (χ0v) is 52.1. The maximum atomic E-state index is 2.55. The van der Waals surface area contributed by atoms with Crippen molar-refractivity contribution in [1.29, 1.82) is 0 Å². The molecule has 0 aromatic rings. The Balaban J connectivity index is 2.30. The first-order valence-corrected chi connectivity index (χ1v) is 35.5. The fraction of sp³-hybridized carbons (Fsp3) is 0.863. The van der Waals surface area contributed by atoms with Crippen molar-refractivity contribution in [2.75, 3.05) is 0 Å². The van der Waals surface area contributed by atoms with Crippen molar-refractivity contribution in [2.45, 2.75) is 406 Å². The molecule has 1 aliphatic heterocycles. The van der Waals surface area contributed by atoms with E-state index in [9.17, 15) is 0 Å². The molecule has 1 nitrogen and oxygen atoms in total. The Morgan fingerprint density at radius 3 is 0.773 bits per heavy atom. The predicted octanol–water partition coefficient (Wildman–Crippen LogP) is 26.9. The molecule has 0 aromatic carbocycles. The second-order valence-corrected chi connectivity index (χ2v) is 24.5. The molecule has 0 saturated heterocycles. The minimum absolute atomic E-state index is 0.325. The van der Waals surface area contributed by atoms with Gasteiger partial charge in [0.05, 0.1) is 0 Å². The number of rotatable bonds is 63. The number of unbranched alkanes of at least 4 members (excludes halogenated alkanes) is 57. The van der Waals surface area contributed by atoms with Gasteiger partial charge in [0.1, 0.15) is 0 Å². The summed E-state index contributed by atoms with van der Waals surface area (Å²) in [6.45, 7) is 7.27. The van der Waals surface area contributed by atoms with Crippen LogP contribution >= 0.6 is 0 Å². The summed E-state index contributed by atoms with van der Waals surface area (Å²) in [5.74, 6) is 4.90. The van der Waals surface area contributed by atoms with E-state index in [0.29, 0.717) is 6.85 Å². The Hall–Kier alpha value is -1.44. The monoisotopic (exact) mass is 1040 g/mol. The van der Waals surface area contributed by atoms with Crippen LogP contribution in [0.15, 0.2) is 60.3 Å². The summed E-state index contributed by atoms with van der Waals surface area (Å²) in [6.07, 6.45) is 103. The standard InChI is InChI=1S/C73H138BN/c1-4-7-10-13-16-19-22-25-28-31-34-37-40-43-46-49-52-55-58-61-64-68-73-69-67-71-74(70-65-62-59-56-53-50-47-44-41-38-35-32-29-26-23-20-17-14-11-8-5-2)75(73)72-66-63-60-57-54-51-48-45-42-39-36-33-30-27-24-21-18-15-12-9-6-3/h64-72H,4-63H2,1-3H3/b68-64+,70-65+,72-66+. The van der Waals surface area contributed by atoms with Gasteiger partial charge in [-0.2, -0.15) is 0 Å². The van der Waals surface area contributed by atoms with Crippen LogP contribution in [-0.4, -0.2) is 11.7 Å². The highest BCUT2D eigenvalue weighted by Crippen LogP contribution is 2.22. The number of hydrogen-bond donors (Lipinski definition) is 0. The Kier molecular flexibility index (Phi) is 60.5. The minimum Gasteiger partial charge on any atom is -0.384 e. The Morgan fingerprint density at radius 1 is 0.280 bits per heavy atom. The van der Waals surface area contributed by atoms with Crippen LogP contribution in [0, 0.1) is 0 Å². The first kappa shape index (κ1) is 71.6. The molecular formula is C73H138BN. The van der Waals surface area contributed by atoms with Crippen molar-refractivity contribution < 1.29 is 0 Å². The lowest BCUT2D eigenvalue weighted by atomic mass is 9.58. The Labute approximate surface area is 475 Å². The van der Waals surface area contributed by atoms with E-state index in [2.05, 4.69) is 80.2 Å². The third kappa shape index (κ3) is 54.3. The molecule has 0 aromatic heterocycles. The van der Waals surface area contributed by atoms with Gasteiger partial charge in [-0.05, 0) is 56.9 Å². The first-order valence-electron chi connectivity index (χ1n) is 35.5. The molecule has 0 aliphatic carbocycles. The van der Waals surface area contributed by atoms with Gasteiger partial charge in [0.2, 0.25) is 0 Å². The average molecular weight is 1040 g/mol. The highest BCUT2D eigenvalue weighted by Gasteiger charge is 2.19. The zero-order chi connectivity index (χ0) is 53.5. The van der Waals surface area contributed by atoms with Crippen LogP contribution in [0.3, 0.4) is 0 Å². The lowest BCUT2D eigenvalue weighted by molar-refractivity contribution is 0.523. The molecule has 75 heavy (non-hydrogen) atoms. The Bertz CT molecular complexity index is 1230. The van der Waals surface area contributed by atoms with Gasteiger partial charge < -0.3 is 4.81 Å². The summed E-state index contributed by atoms with van der Waals surface area (Å²) < 4.78 is 0. The van der Waals surface area contributed by atoms with Gasteiger partial charge in [0, 0.05) is 5.70 Å². The topological polar surface area (TPSA) is 3.24 Å². The molecule has 0 unspecified atom stereocenters. The molecule has 438 valence electrons. The number of hydrogen-bond acceptors (Lipinski definition) is 1. The van der Waals surface area contributed by atoms with Crippen molar-refractivity contribution in [3.8, 4) is 0 Å². The van der Waals surface area contributed by atoms with Gasteiger partial charge in [-0.3, -0.25) is 0 Å². The van der Waals surface area contributed by atoms with E-state index in [0.717, 1.165) is 0 Å². The van der Waals surface area contributed by atoms with Crippen LogP contribution in [0.4, 0.5) is 0 Å². The maximum absolute atomic E-state index is 2.55. The quantitative estimate of drug-likeness (QED) is 0.0433. The fourth-order valence-electron chi connectivity index (χ4n) is 11.8. The van der Waals surface area contributed by atoms with Gasteiger partial charge in [0.25, 0.3) is 0 Å². The summed E-state index contributed by atoms with van der Waals surface area (Å²) >= 11 is 0. The van der Waals surface area contributed by atoms with Gasteiger partial charge in [-0.1, -0.05) is 404 Å². The predicted molar refractivity (Wildman–Crippen MR) is 346 cm³/mol.